The van der Waals surface area contributed by atoms with Crippen LogP contribution in [-0.4, -0.2) is 61.5 Å². The summed E-state index contributed by atoms with van der Waals surface area (Å²) in [5.74, 6) is -1.22. The Labute approximate surface area is 180 Å². The fraction of sp³-hybridized carbons (Fsp3) is 0.591. The normalized spacial score (nSPS) is 20.5. The van der Waals surface area contributed by atoms with Crippen LogP contribution in [0.2, 0.25) is 0 Å². The van der Waals surface area contributed by atoms with Crippen LogP contribution >= 0.6 is 0 Å². The van der Waals surface area contributed by atoms with Gasteiger partial charge in [0.05, 0.1) is 12.3 Å². The molecular weight excluding hydrogens is 403 g/mol. The topological polar surface area (TPSA) is 105 Å². The number of carbonyl (C=O) groups is 3. The predicted molar refractivity (Wildman–Crippen MR) is 113 cm³/mol. The van der Waals surface area contributed by atoms with Gasteiger partial charge >= 0.3 is 0 Å². The molecule has 1 saturated heterocycles. The van der Waals surface area contributed by atoms with E-state index in [0.717, 1.165) is 31.7 Å². The summed E-state index contributed by atoms with van der Waals surface area (Å²) in [6.07, 6.45) is 5.57. The van der Waals surface area contributed by atoms with Gasteiger partial charge in [0, 0.05) is 25.3 Å². The first kappa shape index (κ1) is 21.7. The van der Waals surface area contributed by atoms with Crippen molar-refractivity contribution in [1.82, 2.24) is 4.90 Å². The third kappa shape index (κ3) is 5.22. The molecule has 0 spiro atoms. The lowest BCUT2D eigenvalue weighted by Crippen LogP contribution is -2.54. The summed E-state index contributed by atoms with van der Waals surface area (Å²) in [6, 6.07) is 3.04. The molecule has 3 amide bonds. The minimum atomic E-state index is -1.09. The molecule has 2 saturated carbocycles. The van der Waals surface area contributed by atoms with Gasteiger partial charge in [-0.3, -0.25) is 19.3 Å². The van der Waals surface area contributed by atoms with Gasteiger partial charge in [0.2, 0.25) is 5.91 Å². The minimum Gasteiger partial charge on any atom is -0.370 e. The van der Waals surface area contributed by atoms with E-state index in [-0.39, 0.29) is 30.4 Å². The van der Waals surface area contributed by atoms with Crippen LogP contribution in [-0.2, 0) is 19.1 Å². The van der Waals surface area contributed by atoms with Crippen LogP contribution in [0, 0.1) is 17.7 Å². The van der Waals surface area contributed by atoms with E-state index >= 15 is 0 Å². The molecule has 1 atom stereocenters. The summed E-state index contributed by atoms with van der Waals surface area (Å²) in [6.45, 7) is 1.86. The Morgan fingerprint density at radius 3 is 2.48 bits per heavy atom. The van der Waals surface area contributed by atoms with E-state index in [1.54, 1.807) is 0 Å². The standard InChI is InChI=1S/C22H29FN4O4/c23-17-10-16(6-7-18(17)27-8-9-31-13-19(27)28)25-22(30)20(21(24)29)26(12-15-4-5-15)11-14-2-1-3-14/h6-7,10,14-15,20H,1-5,8-9,11-13H2,(H2,24,29)(H,25,30)/t20-/m1/s1. The van der Waals surface area contributed by atoms with Crippen LogP contribution in [0.1, 0.15) is 32.1 Å². The smallest absolute Gasteiger partial charge is 0.253 e. The van der Waals surface area contributed by atoms with Crippen molar-refractivity contribution in [3.8, 4) is 0 Å². The van der Waals surface area contributed by atoms with Gasteiger partial charge < -0.3 is 20.7 Å². The van der Waals surface area contributed by atoms with Crippen LogP contribution < -0.4 is 16.0 Å². The Morgan fingerprint density at radius 2 is 1.94 bits per heavy atom. The third-order valence-electron chi connectivity index (χ3n) is 6.28. The van der Waals surface area contributed by atoms with Crippen molar-refractivity contribution < 1.29 is 23.5 Å². The number of ether oxygens (including phenoxy) is 1. The van der Waals surface area contributed by atoms with E-state index in [4.69, 9.17) is 10.5 Å². The third-order valence-corrected chi connectivity index (χ3v) is 6.28. The monoisotopic (exact) mass is 432 g/mol. The first-order valence-electron chi connectivity index (χ1n) is 10.9. The lowest BCUT2D eigenvalue weighted by molar-refractivity contribution is -0.133. The molecule has 9 heteroatoms. The molecule has 8 nitrogen and oxygen atoms in total. The fourth-order valence-corrected chi connectivity index (χ4v) is 4.19. The van der Waals surface area contributed by atoms with Crippen LogP contribution in [0.15, 0.2) is 18.2 Å². The van der Waals surface area contributed by atoms with E-state index in [2.05, 4.69) is 5.32 Å². The average molecular weight is 432 g/mol. The first-order valence-corrected chi connectivity index (χ1v) is 10.9. The molecule has 3 N–H and O–H groups in total. The summed E-state index contributed by atoms with van der Waals surface area (Å²) in [5.41, 5.74) is 5.97. The number of halogens is 1. The zero-order valence-electron chi connectivity index (χ0n) is 17.5. The summed E-state index contributed by atoms with van der Waals surface area (Å²) in [5, 5.41) is 2.64. The summed E-state index contributed by atoms with van der Waals surface area (Å²) in [4.78, 5) is 40.4. The number of morpholine rings is 1. The second kappa shape index (κ2) is 9.32. The highest BCUT2D eigenvalue weighted by Crippen LogP contribution is 2.33. The largest absolute Gasteiger partial charge is 0.370 e. The molecule has 0 radical (unpaired) electrons. The fourth-order valence-electron chi connectivity index (χ4n) is 4.19. The zero-order chi connectivity index (χ0) is 22.0. The van der Waals surface area contributed by atoms with Crippen molar-refractivity contribution in [2.75, 3.05) is 43.1 Å². The van der Waals surface area contributed by atoms with Gasteiger partial charge in [-0.2, -0.15) is 0 Å². The molecule has 168 valence electrons. The van der Waals surface area contributed by atoms with Crippen molar-refractivity contribution in [2.45, 2.75) is 38.1 Å². The molecule has 2 aliphatic carbocycles. The average Bonchev–Trinajstić information content (AvgIpc) is 3.49. The van der Waals surface area contributed by atoms with Crippen LogP contribution in [0.3, 0.4) is 0 Å². The Bertz CT molecular complexity index is 856. The molecule has 4 rings (SSSR count). The van der Waals surface area contributed by atoms with Crippen molar-refractivity contribution in [1.29, 1.82) is 0 Å². The molecule has 1 aliphatic heterocycles. The molecule has 31 heavy (non-hydrogen) atoms. The van der Waals surface area contributed by atoms with E-state index in [1.807, 2.05) is 4.90 Å². The summed E-state index contributed by atoms with van der Waals surface area (Å²) >= 11 is 0. The molecule has 1 heterocycles. The predicted octanol–water partition coefficient (Wildman–Crippen LogP) is 1.49. The number of hydrogen-bond acceptors (Lipinski definition) is 5. The van der Waals surface area contributed by atoms with Gasteiger partial charge in [-0.1, -0.05) is 6.42 Å². The second-order valence-corrected chi connectivity index (χ2v) is 8.75. The van der Waals surface area contributed by atoms with Gasteiger partial charge in [-0.25, -0.2) is 4.39 Å². The molecule has 3 aliphatic rings. The summed E-state index contributed by atoms with van der Waals surface area (Å²) in [7, 11) is 0. The Balaban J connectivity index is 1.46. The van der Waals surface area contributed by atoms with Gasteiger partial charge in [0.15, 0.2) is 6.04 Å². The van der Waals surface area contributed by atoms with Gasteiger partial charge in [-0.15, -0.1) is 0 Å². The Hall–Kier alpha value is -2.52. The number of hydrogen-bond donors (Lipinski definition) is 2. The highest BCUT2D eigenvalue weighted by Gasteiger charge is 2.37. The number of amides is 3. The van der Waals surface area contributed by atoms with E-state index in [1.165, 1.54) is 23.5 Å². The van der Waals surface area contributed by atoms with Crippen molar-refractivity contribution >= 4 is 29.1 Å². The maximum atomic E-state index is 14.7. The SMILES string of the molecule is NC(=O)[C@H](C(=O)Nc1ccc(N2CCOCC2=O)c(F)c1)N(CC1CCC1)CC1CC1. The number of rotatable bonds is 9. The molecule has 1 aromatic carbocycles. The zero-order valence-corrected chi connectivity index (χ0v) is 17.5. The molecule has 0 unspecified atom stereocenters. The van der Waals surface area contributed by atoms with Gasteiger partial charge in [-0.05, 0) is 55.7 Å². The van der Waals surface area contributed by atoms with E-state index in [9.17, 15) is 18.8 Å². The molecule has 1 aromatic rings. The highest BCUT2D eigenvalue weighted by atomic mass is 19.1. The number of nitrogens with zero attached hydrogens (tertiary/aromatic N) is 2. The van der Waals surface area contributed by atoms with Crippen LogP contribution in [0.5, 0.6) is 0 Å². The van der Waals surface area contributed by atoms with Crippen LogP contribution in [0.25, 0.3) is 0 Å². The number of carbonyl (C=O) groups excluding carboxylic acids is 3. The molecule has 0 aromatic heterocycles. The highest BCUT2D eigenvalue weighted by molar-refractivity contribution is 6.09. The minimum absolute atomic E-state index is 0.0873. The van der Waals surface area contributed by atoms with Crippen molar-refractivity contribution in [3.05, 3.63) is 24.0 Å². The van der Waals surface area contributed by atoms with Gasteiger partial charge in [0.25, 0.3) is 11.8 Å². The maximum Gasteiger partial charge on any atom is 0.253 e. The number of primary amides is 1. The Morgan fingerprint density at radius 1 is 1.23 bits per heavy atom. The van der Waals surface area contributed by atoms with Crippen LogP contribution in [0.4, 0.5) is 15.8 Å². The Kier molecular flexibility index (Phi) is 6.52. The van der Waals surface area contributed by atoms with E-state index < -0.39 is 23.7 Å². The lowest BCUT2D eigenvalue weighted by Gasteiger charge is -2.35. The first-order chi connectivity index (χ1) is 14.9. The number of nitrogens with one attached hydrogen (secondary N) is 1. The van der Waals surface area contributed by atoms with Gasteiger partial charge in [0.1, 0.15) is 12.4 Å². The molecule has 0 bridgehead atoms. The summed E-state index contributed by atoms with van der Waals surface area (Å²) < 4.78 is 19.8. The maximum absolute atomic E-state index is 14.7. The van der Waals surface area contributed by atoms with E-state index in [0.29, 0.717) is 31.5 Å². The molecular formula is C22H29FN4O4. The lowest BCUT2D eigenvalue weighted by atomic mass is 9.84. The quantitative estimate of drug-likeness (QED) is 0.576. The van der Waals surface area contributed by atoms with Crippen molar-refractivity contribution in [2.24, 2.45) is 17.6 Å². The number of anilines is 2. The second-order valence-electron chi connectivity index (χ2n) is 8.75. The molecule has 3 fully saturated rings. The van der Waals surface area contributed by atoms with Crippen molar-refractivity contribution in [3.63, 3.8) is 0 Å². The number of benzene rings is 1. The number of nitrogens with two attached hydrogens (primary N) is 1.